The number of anilines is 1. The van der Waals surface area contributed by atoms with Gasteiger partial charge in [0.05, 0.1) is 12.5 Å². The van der Waals surface area contributed by atoms with Crippen molar-refractivity contribution in [1.29, 1.82) is 0 Å². The van der Waals surface area contributed by atoms with Gasteiger partial charge in [0.2, 0.25) is 0 Å². The highest BCUT2D eigenvalue weighted by Crippen LogP contribution is 2.27. The molecule has 0 aromatic heterocycles. The van der Waals surface area contributed by atoms with Crippen LogP contribution in [0.5, 0.6) is 5.75 Å². The summed E-state index contributed by atoms with van der Waals surface area (Å²) in [4.78, 5) is 0. The van der Waals surface area contributed by atoms with Gasteiger partial charge in [0.15, 0.2) is 0 Å². The first-order chi connectivity index (χ1) is 9.61. The Labute approximate surface area is 123 Å². The zero-order valence-electron chi connectivity index (χ0n) is 11.5. The van der Waals surface area contributed by atoms with Gasteiger partial charge in [0, 0.05) is 23.9 Å². The van der Waals surface area contributed by atoms with Crippen molar-refractivity contribution in [3.05, 3.63) is 59.4 Å². The molecule has 1 N–H and O–H groups in total. The van der Waals surface area contributed by atoms with E-state index in [2.05, 4.69) is 5.32 Å². The van der Waals surface area contributed by atoms with Crippen LogP contribution in [-0.4, -0.2) is 7.11 Å². The van der Waals surface area contributed by atoms with Crippen LogP contribution in [0.4, 0.5) is 10.1 Å². The Morgan fingerprint density at radius 1 is 1.25 bits per heavy atom. The van der Waals surface area contributed by atoms with Crippen LogP contribution in [0.15, 0.2) is 42.5 Å². The molecule has 2 aromatic rings. The van der Waals surface area contributed by atoms with E-state index in [1.54, 1.807) is 12.1 Å². The molecule has 0 spiro atoms. The van der Waals surface area contributed by atoms with Gasteiger partial charge in [-0.2, -0.15) is 0 Å². The SMILES string of the molecule is COc1ccc(CNc2ccccc2C(C)Cl)c(F)c1. The molecule has 2 aromatic carbocycles. The van der Waals surface area contributed by atoms with Crippen LogP contribution in [0.3, 0.4) is 0 Å². The molecular formula is C16H17ClFNO. The fourth-order valence-corrected chi connectivity index (χ4v) is 2.18. The standard InChI is InChI=1S/C16H17ClFNO/c1-11(17)14-5-3-4-6-16(14)19-10-12-7-8-13(20-2)9-15(12)18/h3-9,11,19H,10H2,1-2H3. The number of alkyl halides is 1. The molecule has 1 atom stereocenters. The molecule has 0 bridgehead atoms. The van der Waals surface area contributed by atoms with E-state index in [0.717, 1.165) is 11.3 Å². The summed E-state index contributed by atoms with van der Waals surface area (Å²) in [5.41, 5.74) is 2.51. The molecule has 0 aliphatic heterocycles. The van der Waals surface area contributed by atoms with Crippen molar-refractivity contribution in [3.63, 3.8) is 0 Å². The Morgan fingerprint density at radius 3 is 2.65 bits per heavy atom. The van der Waals surface area contributed by atoms with Crippen molar-refractivity contribution in [2.45, 2.75) is 18.8 Å². The third-order valence-electron chi connectivity index (χ3n) is 3.12. The predicted molar refractivity (Wildman–Crippen MR) is 81.0 cm³/mol. The topological polar surface area (TPSA) is 21.3 Å². The second kappa shape index (κ2) is 6.62. The maximum atomic E-state index is 13.9. The predicted octanol–water partition coefficient (Wildman–Crippen LogP) is 4.75. The van der Waals surface area contributed by atoms with Crippen molar-refractivity contribution in [3.8, 4) is 5.75 Å². The van der Waals surface area contributed by atoms with Crippen LogP contribution in [0.1, 0.15) is 23.4 Å². The number of hydrogen-bond acceptors (Lipinski definition) is 2. The summed E-state index contributed by atoms with van der Waals surface area (Å²) < 4.78 is 18.8. The molecule has 0 fully saturated rings. The normalized spacial score (nSPS) is 12.0. The Balaban J connectivity index is 2.13. The molecule has 0 aliphatic rings. The van der Waals surface area contributed by atoms with Gasteiger partial charge in [-0.15, -0.1) is 11.6 Å². The summed E-state index contributed by atoms with van der Waals surface area (Å²) in [7, 11) is 1.52. The molecule has 106 valence electrons. The number of benzene rings is 2. The highest BCUT2D eigenvalue weighted by Gasteiger charge is 2.08. The number of nitrogens with one attached hydrogen (secondary N) is 1. The zero-order chi connectivity index (χ0) is 14.5. The fraction of sp³-hybridized carbons (Fsp3) is 0.250. The second-order valence-electron chi connectivity index (χ2n) is 4.51. The van der Waals surface area contributed by atoms with Gasteiger partial charge in [0.25, 0.3) is 0 Å². The molecule has 4 heteroatoms. The second-order valence-corrected chi connectivity index (χ2v) is 5.17. The van der Waals surface area contributed by atoms with Gasteiger partial charge < -0.3 is 10.1 Å². The molecule has 20 heavy (non-hydrogen) atoms. The lowest BCUT2D eigenvalue weighted by Gasteiger charge is -2.14. The number of methoxy groups -OCH3 is 1. The van der Waals surface area contributed by atoms with Crippen molar-refractivity contribution >= 4 is 17.3 Å². The van der Waals surface area contributed by atoms with Gasteiger partial charge in [0.1, 0.15) is 11.6 Å². The molecule has 0 aliphatic carbocycles. The summed E-state index contributed by atoms with van der Waals surface area (Å²) in [5.74, 6) is 0.231. The molecule has 0 radical (unpaired) electrons. The van der Waals surface area contributed by atoms with E-state index >= 15 is 0 Å². The average molecular weight is 294 g/mol. The third kappa shape index (κ3) is 3.42. The summed E-state index contributed by atoms with van der Waals surface area (Å²) >= 11 is 6.13. The van der Waals surface area contributed by atoms with E-state index < -0.39 is 0 Å². The fourth-order valence-electron chi connectivity index (χ4n) is 1.99. The van der Waals surface area contributed by atoms with Crippen LogP contribution in [0.25, 0.3) is 0 Å². The summed E-state index contributed by atoms with van der Waals surface area (Å²) in [6.45, 7) is 2.31. The maximum Gasteiger partial charge on any atom is 0.131 e. The molecular weight excluding hydrogens is 277 g/mol. The quantitative estimate of drug-likeness (QED) is 0.804. The van der Waals surface area contributed by atoms with Crippen LogP contribution in [-0.2, 0) is 6.54 Å². The van der Waals surface area contributed by atoms with E-state index in [4.69, 9.17) is 16.3 Å². The highest BCUT2D eigenvalue weighted by molar-refractivity contribution is 6.21. The third-order valence-corrected chi connectivity index (χ3v) is 3.35. The van der Waals surface area contributed by atoms with E-state index in [-0.39, 0.29) is 11.2 Å². The first kappa shape index (κ1) is 14.7. The van der Waals surface area contributed by atoms with Gasteiger partial charge in [-0.05, 0) is 24.6 Å². The van der Waals surface area contributed by atoms with Gasteiger partial charge in [-0.1, -0.05) is 24.3 Å². The van der Waals surface area contributed by atoms with Gasteiger partial charge >= 0.3 is 0 Å². The molecule has 2 rings (SSSR count). The Bertz CT molecular complexity index is 586. The number of halogens is 2. The number of rotatable bonds is 5. The minimum atomic E-state index is -0.284. The number of hydrogen-bond donors (Lipinski definition) is 1. The van der Waals surface area contributed by atoms with Crippen LogP contribution < -0.4 is 10.1 Å². The van der Waals surface area contributed by atoms with Crippen molar-refractivity contribution in [2.75, 3.05) is 12.4 Å². The largest absolute Gasteiger partial charge is 0.497 e. The lowest BCUT2D eigenvalue weighted by atomic mass is 10.1. The van der Waals surface area contributed by atoms with Crippen molar-refractivity contribution in [1.82, 2.24) is 0 Å². The minimum Gasteiger partial charge on any atom is -0.497 e. The van der Waals surface area contributed by atoms with E-state index in [1.165, 1.54) is 13.2 Å². The molecule has 0 amide bonds. The lowest BCUT2D eigenvalue weighted by Crippen LogP contribution is -2.04. The smallest absolute Gasteiger partial charge is 0.131 e. The van der Waals surface area contributed by atoms with Crippen LogP contribution >= 0.6 is 11.6 Å². The van der Waals surface area contributed by atoms with Gasteiger partial charge in [-0.3, -0.25) is 0 Å². The molecule has 0 saturated carbocycles. The number of ether oxygens (including phenoxy) is 1. The molecule has 0 heterocycles. The maximum absolute atomic E-state index is 13.9. The van der Waals surface area contributed by atoms with E-state index in [1.807, 2.05) is 31.2 Å². The number of para-hydroxylation sites is 1. The lowest BCUT2D eigenvalue weighted by molar-refractivity contribution is 0.411. The molecule has 0 saturated heterocycles. The first-order valence-corrected chi connectivity index (χ1v) is 6.84. The first-order valence-electron chi connectivity index (χ1n) is 6.41. The Kier molecular flexibility index (Phi) is 4.85. The van der Waals surface area contributed by atoms with Crippen LogP contribution in [0.2, 0.25) is 0 Å². The van der Waals surface area contributed by atoms with Crippen molar-refractivity contribution < 1.29 is 9.13 Å². The van der Waals surface area contributed by atoms with Gasteiger partial charge in [-0.25, -0.2) is 4.39 Å². The minimum absolute atomic E-state index is 0.0978. The summed E-state index contributed by atoms with van der Waals surface area (Å²) in [6, 6.07) is 12.6. The molecule has 1 unspecified atom stereocenters. The Hall–Kier alpha value is -1.74. The Morgan fingerprint density at radius 2 is 2.00 bits per heavy atom. The van der Waals surface area contributed by atoms with E-state index in [0.29, 0.717) is 17.9 Å². The summed E-state index contributed by atoms with van der Waals surface area (Å²) in [6.07, 6.45) is 0. The summed E-state index contributed by atoms with van der Waals surface area (Å²) in [5, 5.41) is 3.13. The molecule has 2 nitrogen and oxygen atoms in total. The zero-order valence-corrected chi connectivity index (χ0v) is 12.2. The van der Waals surface area contributed by atoms with Crippen molar-refractivity contribution in [2.24, 2.45) is 0 Å². The van der Waals surface area contributed by atoms with Crippen LogP contribution in [0, 0.1) is 5.82 Å². The van der Waals surface area contributed by atoms with E-state index in [9.17, 15) is 4.39 Å². The highest BCUT2D eigenvalue weighted by atomic mass is 35.5. The average Bonchev–Trinajstić information content (AvgIpc) is 2.46. The monoisotopic (exact) mass is 293 g/mol.